The van der Waals surface area contributed by atoms with Gasteiger partial charge in [-0.05, 0) is 31.9 Å². The highest BCUT2D eigenvalue weighted by Gasteiger charge is 2.20. The second-order valence-electron chi connectivity index (χ2n) is 5.83. The second kappa shape index (κ2) is 7.13. The Bertz CT molecular complexity index is 710. The molecule has 1 aromatic heterocycles. The van der Waals surface area contributed by atoms with Crippen molar-refractivity contribution in [1.29, 1.82) is 0 Å². The summed E-state index contributed by atoms with van der Waals surface area (Å²) in [5, 5.41) is 4.30. The van der Waals surface area contributed by atoms with E-state index in [1.54, 1.807) is 24.0 Å². The fourth-order valence-corrected chi connectivity index (χ4v) is 3.69. The van der Waals surface area contributed by atoms with Crippen molar-refractivity contribution in [2.24, 2.45) is 4.99 Å². The zero-order valence-electron chi connectivity index (χ0n) is 13.3. The van der Waals surface area contributed by atoms with Gasteiger partial charge in [0.15, 0.2) is 5.17 Å². The molecule has 3 rings (SSSR count). The van der Waals surface area contributed by atoms with Crippen molar-refractivity contribution in [3.05, 3.63) is 64.7 Å². The third-order valence-corrected chi connectivity index (χ3v) is 4.69. The molecule has 0 saturated carbocycles. The van der Waals surface area contributed by atoms with Crippen molar-refractivity contribution in [1.82, 2.24) is 10.3 Å². The average molecular weight is 329 g/mol. The van der Waals surface area contributed by atoms with Gasteiger partial charge in [-0.2, -0.15) is 0 Å². The number of halogens is 1. The minimum absolute atomic E-state index is 0.149. The first-order chi connectivity index (χ1) is 11.1. The molecule has 5 heteroatoms. The van der Waals surface area contributed by atoms with E-state index in [4.69, 9.17) is 0 Å². The molecule has 1 aromatic carbocycles. The maximum absolute atomic E-state index is 14.2. The minimum Gasteiger partial charge on any atom is -0.358 e. The van der Waals surface area contributed by atoms with Crippen LogP contribution in [0.3, 0.4) is 0 Å². The van der Waals surface area contributed by atoms with E-state index in [1.165, 1.54) is 22.9 Å². The van der Waals surface area contributed by atoms with Crippen LogP contribution in [0.5, 0.6) is 0 Å². The van der Waals surface area contributed by atoms with Crippen LogP contribution in [0.4, 0.5) is 4.39 Å². The molecule has 0 bridgehead atoms. The molecule has 1 N–H and O–H groups in total. The number of rotatable bonds is 4. The topological polar surface area (TPSA) is 37.3 Å². The number of thioether (sulfide) groups is 1. The van der Waals surface area contributed by atoms with Gasteiger partial charge in [0, 0.05) is 17.5 Å². The molecule has 0 amide bonds. The molecular formula is C18H20FN3S. The standard InChI is InChI=1S/C18H20FN3S/c1-12-7-13(2)9-14(8-12)10-17(22-18-21-5-6-23-18)15-3-4-20-11-16(15)19/h3-4,7-9,11,17H,5-6,10H2,1-2H3,(H,21,22). The lowest BCUT2D eigenvalue weighted by Crippen LogP contribution is -2.28. The van der Waals surface area contributed by atoms with Crippen molar-refractivity contribution in [2.45, 2.75) is 26.3 Å². The number of nitrogens with one attached hydrogen (secondary N) is 1. The Morgan fingerprint density at radius 3 is 2.70 bits per heavy atom. The van der Waals surface area contributed by atoms with Crippen molar-refractivity contribution in [3.63, 3.8) is 0 Å². The quantitative estimate of drug-likeness (QED) is 0.927. The average Bonchev–Trinajstić information content (AvgIpc) is 2.99. The summed E-state index contributed by atoms with van der Waals surface area (Å²) >= 11 is 1.69. The molecule has 1 atom stereocenters. The molecule has 2 heterocycles. The summed E-state index contributed by atoms with van der Waals surface area (Å²) in [4.78, 5) is 8.29. The van der Waals surface area contributed by atoms with Crippen LogP contribution in [0.15, 0.2) is 41.7 Å². The normalized spacial score (nSPS) is 15.3. The Kier molecular flexibility index (Phi) is 4.96. The minimum atomic E-state index is -0.280. The van der Waals surface area contributed by atoms with Crippen molar-refractivity contribution in [3.8, 4) is 0 Å². The van der Waals surface area contributed by atoms with Crippen LogP contribution in [0.2, 0.25) is 0 Å². The van der Waals surface area contributed by atoms with Gasteiger partial charge in [0.1, 0.15) is 5.82 Å². The van der Waals surface area contributed by atoms with E-state index in [9.17, 15) is 4.39 Å². The molecule has 3 nitrogen and oxygen atoms in total. The predicted molar refractivity (Wildman–Crippen MR) is 94.5 cm³/mol. The lowest BCUT2D eigenvalue weighted by atomic mass is 9.97. The summed E-state index contributed by atoms with van der Waals surface area (Å²) in [5.74, 6) is 0.704. The van der Waals surface area contributed by atoms with Crippen LogP contribution in [-0.4, -0.2) is 22.4 Å². The maximum Gasteiger partial charge on any atom is 0.157 e. The van der Waals surface area contributed by atoms with Gasteiger partial charge in [-0.1, -0.05) is 41.1 Å². The van der Waals surface area contributed by atoms with Crippen LogP contribution >= 0.6 is 11.8 Å². The smallest absolute Gasteiger partial charge is 0.157 e. The third-order valence-electron chi connectivity index (χ3n) is 3.78. The SMILES string of the molecule is Cc1cc(C)cc(CC(NC2=NCCS2)c2ccncc2F)c1. The molecule has 120 valence electrons. The summed E-state index contributed by atoms with van der Waals surface area (Å²) in [5.41, 5.74) is 4.28. The van der Waals surface area contributed by atoms with Gasteiger partial charge >= 0.3 is 0 Å². The van der Waals surface area contributed by atoms with E-state index < -0.39 is 0 Å². The Balaban J connectivity index is 1.89. The number of amidine groups is 1. The zero-order valence-corrected chi connectivity index (χ0v) is 14.2. The predicted octanol–water partition coefficient (Wildman–Crippen LogP) is 3.81. The lowest BCUT2D eigenvalue weighted by molar-refractivity contribution is 0.554. The highest BCUT2D eigenvalue weighted by molar-refractivity contribution is 8.14. The summed E-state index contributed by atoms with van der Waals surface area (Å²) in [6.45, 7) is 4.99. The molecule has 0 saturated heterocycles. The molecule has 0 aliphatic carbocycles. The van der Waals surface area contributed by atoms with Crippen LogP contribution in [0.1, 0.15) is 28.3 Å². The first-order valence-corrected chi connectivity index (χ1v) is 8.71. The van der Waals surface area contributed by atoms with Gasteiger partial charge in [0.25, 0.3) is 0 Å². The number of pyridine rings is 1. The molecule has 0 spiro atoms. The fourth-order valence-electron chi connectivity index (χ4n) is 2.90. The fraction of sp³-hybridized carbons (Fsp3) is 0.333. The third kappa shape index (κ3) is 4.10. The van der Waals surface area contributed by atoms with Gasteiger partial charge in [-0.25, -0.2) is 4.39 Å². The van der Waals surface area contributed by atoms with E-state index in [-0.39, 0.29) is 11.9 Å². The highest BCUT2D eigenvalue weighted by atomic mass is 32.2. The van der Waals surface area contributed by atoms with Crippen LogP contribution in [-0.2, 0) is 6.42 Å². The molecule has 0 radical (unpaired) electrons. The van der Waals surface area contributed by atoms with Gasteiger partial charge < -0.3 is 5.32 Å². The molecule has 23 heavy (non-hydrogen) atoms. The largest absolute Gasteiger partial charge is 0.358 e. The summed E-state index contributed by atoms with van der Waals surface area (Å²) in [6.07, 6.45) is 3.62. The molecule has 0 fully saturated rings. The number of hydrogen-bond donors (Lipinski definition) is 1. The van der Waals surface area contributed by atoms with E-state index >= 15 is 0 Å². The van der Waals surface area contributed by atoms with Gasteiger partial charge in [0.2, 0.25) is 0 Å². The van der Waals surface area contributed by atoms with Crippen LogP contribution < -0.4 is 5.32 Å². The highest BCUT2D eigenvalue weighted by Crippen LogP contribution is 2.24. The summed E-state index contributed by atoms with van der Waals surface area (Å²) in [6, 6.07) is 8.06. The Morgan fingerprint density at radius 2 is 2.04 bits per heavy atom. The Hall–Kier alpha value is -1.88. The molecule has 1 aliphatic rings. The maximum atomic E-state index is 14.2. The zero-order chi connectivity index (χ0) is 16.2. The van der Waals surface area contributed by atoms with Crippen molar-refractivity contribution < 1.29 is 4.39 Å². The van der Waals surface area contributed by atoms with Crippen molar-refractivity contribution in [2.75, 3.05) is 12.3 Å². The van der Waals surface area contributed by atoms with E-state index in [0.29, 0.717) is 12.0 Å². The van der Waals surface area contributed by atoms with E-state index in [2.05, 4.69) is 47.3 Å². The number of nitrogens with zero attached hydrogens (tertiary/aromatic N) is 2. The number of aromatic nitrogens is 1. The molecule has 1 unspecified atom stereocenters. The first-order valence-electron chi connectivity index (χ1n) is 7.72. The molecular weight excluding hydrogens is 309 g/mol. The molecule has 1 aliphatic heterocycles. The molecule has 2 aromatic rings. The summed E-state index contributed by atoms with van der Waals surface area (Å²) < 4.78 is 14.2. The Labute approximate surface area is 140 Å². The lowest BCUT2D eigenvalue weighted by Gasteiger charge is -2.21. The number of hydrogen-bond acceptors (Lipinski definition) is 4. The van der Waals surface area contributed by atoms with Crippen LogP contribution in [0.25, 0.3) is 0 Å². The summed E-state index contributed by atoms with van der Waals surface area (Å²) in [7, 11) is 0. The Morgan fingerprint density at radius 1 is 1.26 bits per heavy atom. The van der Waals surface area contributed by atoms with Crippen LogP contribution in [0, 0.1) is 19.7 Å². The van der Waals surface area contributed by atoms with Gasteiger partial charge in [-0.3, -0.25) is 9.98 Å². The first kappa shape index (κ1) is 16.0. The second-order valence-corrected chi connectivity index (χ2v) is 6.91. The van der Waals surface area contributed by atoms with E-state index in [0.717, 1.165) is 17.5 Å². The van der Waals surface area contributed by atoms with Crippen molar-refractivity contribution >= 4 is 16.9 Å². The number of aryl methyl sites for hydroxylation is 2. The van der Waals surface area contributed by atoms with Gasteiger partial charge in [-0.15, -0.1) is 0 Å². The van der Waals surface area contributed by atoms with E-state index in [1.807, 2.05) is 0 Å². The number of benzene rings is 1. The number of aliphatic imine (C=N–C) groups is 1. The monoisotopic (exact) mass is 329 g/mol. The van der Waals surface area contributed by atoms with Gasteiger partial charge in [0.05, 0.1) is 18.8 Å².